The molecule has 0 radical (unpaired) electrons. The molecule has 0 bridgehead atoms. The quantitative estimate of drug-likeness (QED) is 0.781. The molecule has 0 unspecified atom stereocenters. The molecule has 2 heterocycles. The molecule has 6 heteroatoms. The number of nitrogens with zero attached hydrogens (tertiary/aromatic N) is 2. The van der Waals surface area contributed by atoms with Gasteiger partial charge < -0.3 is 5.32 Å². The molecule has 2 atom stereocenters. The minimum atomic E-state index is -1.05. The Hall–Kier alpha value is -0.520. The second kappa shape index (κ2) is 5.53. The largest absolute Gasteiger partial charge is 0.315 e. The third-order valence-electron chi connectivity index (χ3n) is 2.27. The summed E-state index contributed by atoms with van der Waals surface area (Å²) in [6.07, 6.45) is 2.61. The first-order valence-electron chi connectivity index (χ1n) is 4.68. The van der Waals surface area contributed by atoms with Crippen LogP contribution < -0.4 is 5.32 Å². The molecule has 4 nitrogen and oxygen atoms in total. The van der Waals surface area contributed by atoms with E-state index in [2.05, 4.69) is 15.3 Å². The summed E-state index contributed by atoms with van der Waals surface area (Å²) in [6.45, 7) is 3.64. The topological polar surface area (TPSA) is 54.9 Å². The highest BCUT2D eigenvalue weighted by Crippen LogP contribution is 2.12. The zero-order valence-electron chi connectivity index (χ0n) is 8.47. The van der Waals surface area contributed by atoms with Gasteiger partial charge in [0, 0.05) is 18.4 Å². The van der Waals surface area contributed by atoms with Crippen molar-refractivity contribution in [2.75, 3.05) is 13.1 Å². The van der Waals surface area contributed by atoms with E-state index in [1.807, 2.05) is 13.0 Å². The van der Waals surface area contributed by atoms with E-state index < -0.39 is 10.8 Å². The SMILES string of the molecule is Cc1ccnc([S@@](=O)[C@@H]2CCNC2)n1.Cl. The average Bonchev–Trinajstić information content (AvgIpc) is 2.69. The van der Waals surface area contributed by atoms with Crippen molar-refractivity contribution in [3.05, 3.63) is 18.0 Å². The van der Waals surface area contributed by atoms with Crippen molar-refractivity contribution in [2.24, 2.45) is 0 Å². The van der Waals surface area contributed by atoms with E-state index in [9.17, 15) is 4.21 Å². The standard InChI is InChI=1S/C9H13N3OS.ClH/c1-7-2-5-11-9(12-7)14(13)8-3-4-10-6-8;/h2,5,8,10H,3-4,6H2,1H3;1H/t8-,14+;/m1./s1. The van der Waals surface area contributed by atoms with Crippen LogP contribution in [0.25, 0.3) is 0 Å². The van der Waals surface area contributed by atoms with Crippen LogP contribution in [0.1, 0.15) is 12.1 Å². The lowest BCUT2D eigenvalue weighted by atomic mass is 10.4. The summed E-state index contributed by atoms with van der Waals surface area (Å²) in [4.78, 5) is 8.22. The predicted molar refractivity (Wildman–Crippen MR) is 61.7 cm³/mol. The van der Waals surface area contributed by atoms with Gasteiger partial charge in [-0.1, -0.05) is 0 Å². The molecule has 1 aliphatic rings. The van der Waals surface area contributed by atoms with Crippen LogP contribution in [0.2, 0.25) is 0 Å². The average molecular weight is 248 g/mol. The van der Waals surface area contributed by atoms with Gasteiger partial charge in [-0.15, -0.1) is 12.4 Å². The Balaban J connectivity index is 0.00000112. The second-order valence-corrected chi connectivity index (χ2v) is 5.02. The summed E-state index contributed by atoms with van der Waals surface area (Å²) in [5, 5.41) is 3.84. The molecule has 2 rings (SSSR count). The highest BCUT2D eigenvalue weighted by Gasteiger charge is 2.23. The van der Waals surface area contributed by atoms with Gasteiger partial charge in [-0.2, -0.15) is 0 Å². The van der Waals surface area contributed by atoms with E-state index in [0.717, 1.165) is 25.2 Å². The van der Waals surface area contributed by atoms with E-state index in [1.165, 1.54) is 0 Å². The van der Waals surface area contributed by atoms with Gasteiger partial charge in [-0.05, 0) is 26.0 Å². The summed E-state index contributed by atoms with van der Waals surface area (Å²) in [5.74, 6) is 0. The first-order valence-corrected chi connectivity index (χ1v) is 5.89. The van der Waals surface area contributed by atoms with Crippen molar-refractivity contribution in [2.45, 2.75) is 23.8 Å². The normalized spacial score (nSPS) is 22.1. The summed E-state index contributed by atoms with van der Waals surface area (Å²) in [5.41, 5.74) is 0.870. The number of aromatic nitrogens is 2. The van der Waals surface area contributed by atoms with Crippen LogP contribution in [0.15, 0.2) is 17.4 Å². The summed E-state index contributed by atoms with van der Waals surface area (Å²) < 4.78 is 11.9. The van der Waals surface area contributed by atoms with Gasteiger partial charge in [0.2, 0.25) is 5.16 Å². The number of rotatable bonds is 2. The number of hydrogen-bond donors (Lipinski definition) is 1. The Morgan fingerprint density at radius 1 is 1.60 bits per heavy atom. The minimum Gasteiger partial charge on any atom is -0.315 e. The zero-order chi connectivity index (χ0) is 9.97. The Labute approximate surface area is 97.8 Å². The van der Waals surface area contributed by atoms with Crippen LogP contribution in [0.3, 0.4) is 0 Å². The highest BCUT2D eigenvalue weighted by molar-refractivity contribution is 7.85. The molecular formula is C9H14ClN3OS. The van der Waals surface area contributed by atoms with E-state index in [4.69, 9.17) is 0 Å². The van der Waals surface area contributed by atoms with Gasteiger partial charge in [-0.25, -0.2) is 9.97 Å². The number of hydrogen-bond acceptors (Lipinski definition) is 4. The molecule has 0 saturated carbocycles. The fraction of sp³-hybridized carbons (Fsp3) is 0.556. The molecule has 0 aliphatic carbocycles. The second-order valence-electron chi connectivity index (χ2n) is 3.39. The lowest BCUT2D eigenvalue weighted by Gasteiger charge is -2.06. The lowest BCUT2D eigenvalue weighted by Crippen LogP contribution is -2.20. The zero-order valence-corrected chi connectivity index (χ0v) is 10.1. The van der Waals surface area contributed by atoms with Crippen LogP contribution >= 0.6 is 12.4 Å². The van der Waals surface area contributed by atoms with Crippen LogP contribution in [-0.4, -0.2) is 32.5 Å². The molecule has 1 N–H and O–H groups in total. The van der Waals surface area contributed by atoms with E-state index in [1.54, 1.807) is 6.20 Å². The number of nitrogens with one attached hydrogen (secondary N) is 1. The first-order chi connectivity index (χ1) is 6.77. The first kappa shape index (κ1) is 12.5. The Kier molecular flexibility index (Phi) is 4.63. The van der Waals surface area contributed by atoms with Gasteiger partial charge in [0.25, 0.3) is 0 Å². The van der Waals surface area contributed by atoms with Crippen molar-refractivity contribution in [1.82, 2.24) is 15.3 Å². The fourth-order valence-corrected chi connectivity index (χ4v) is 2.78. The van der Waals surface area contributed by atoms with Crippen molar-refractivity contribution in [1.29, 1.82) is 0 Å². The molecule has 15 heavy (non-hydrogen) atoms. The molecular weight excluding hydrogens is 234 g/mol. The Bertz CT molecular complexity index is 355. The molecule has 0 amide bonds. The number of aryl methyl sites for hydroxylation is 1. The maximum atomic E-state index is 11.9. The molecule has 84 valence electrons. The van der Waals surface area contributed by atoms with Gasteiger partial charge in [0.15, 0.2) is 0 Å². The third kappa shape index (κ3) is 2.96. The monoisotopic (exact) mass is 247 g/mol. The van der Waals surface area contributed by atoms with Crippen molar-refractivity contribution >= 4 is 23.2 Å². The lowest BCUT2D eigenvalue weighted by molar-refractivity contribution is 0.663. The smallest absolute Gasteiger partial charge is 0.218 e. The third-order valence-corrected chi connectivity index (χ3v) is 3.83. The van der Waals surface area contributed by atoms with Gasteiger partial charge in [-0.3, -0.25) is 4.21 Å². The van der Waals surface area contributed by atoms with E-state index >= 15 is 0 Å². The minimum absolute atomic E-state index is 0. The predicted octanol–water partition coefficient (Wildman–Crippen LogP) is 0.676. The van der Waals surface area contributed by atoms with Crippen molar-refractivity contribution in [3.63, 3.8) is 0 Å². The van der Waals surface area contributed by atoms with Crippen LogP contribution in [0.4, 0.5) is 0 Å². The maximum absolute atomic E-state index is 11.9. The molecule has 0 spiro atoms. The molecule has 1 saturated heterocycles. The van der Waals surface area contributed by atoms with Gasteiger partial charge in [0.1, 0.15) is 0 Å². The highest BCUT2D eigenvalue weighted by atomic mass is 35.5. The van der Waals surface area contributed by atoms with E-state index in [-0.39, 0.29) is 17.7 Å². The molecule has 1 fully saturated rings. The fourth-order valence-electron chi connectivity index (χ4n) is 1.48. The van der Waals surface area contributed by atoms with Crippen molar-refractivity contribution in [3.8, 4) is 0 Å². The van der Waals surface area contributed by atoms with E-state index in [0.29, 0.717) is 5.16 Å². The van der Waals surface area contributed by atoms with Crippen molar-refractivity contribution < 1.29 is 4.21 Å². The van der Waals surface area contributed by atoms with Gasteiger partial charge >= 0.3 is 0 Å². The molecule has 1 aromatic rings. The molecule has 0 aromatic carbocycles. The van der Waals surface area contributed by atoms with Crippen LogP contribution in [0, 0.1) is 6.92 Å². The summed E-state index contributed by atoms with van der Waals surface area (Å²) in [7, 11) is -1.05. The number of halogens is 1. The molecule has 1 aliphatic heterocycles. The van der Waals surface area contributed by atoms with Crippen LogP contribution in [0.5, 0.6) is 0 Å². The maximum Gasteiger partial charge on any atom is 0.218 e. The molecule has 1 aromatic heterocycles. The summed E-state index contributed by atoms with van der Waals surface area (Å²) in [6, 6.07) is 1.81. The Morgan fingerprint density at radius 3 is 3.00 bits per heavy atom. The van der Waals surface area contributed by atoms with Crippen LogP contribution in [-0.2, 0) is 10.8 Å². The summed E-state index contributed by atoms with van der Waals surface area (Å²) >= 11 is 0. The Morgan fingerprint density at radius 2 is 2.40 bits per heavy atom. The van der Waals surface area contributed by atoms with Gasteiger partial charge in [0.05, 0.1) is 16.0 Å².